The zero-order chi connectivity index (χ0) is 18.5. The van der Waals surface area contributed by atoms with Crippen molar-refractivity contribution in [3.05, 3.63) is 72.3 Å². The summed E-state index contributed by atoms with van der Waals surface area (Å²) in [4.78, 5) is 25.0. The molecule has 3 rings (SSSR count). The summed E-state index contributed by atoms with van der Waals surface area (Å²) in [7, 11) is 1.51. The predicted molar refractivity (Wildman–Crippen MR) is 98.9 cm³/mol. The number of amides is 1. The minimum atomic E-state index is -0.553. The van der Waals surface area contributed by atoms with Crippen LogP contribution in [0.5, 0.6) is 0 Å². The fraction of sp³-hybridized carbons (Fsp3) is 0.238. The molecular formula is C21H21NO4. The van der Waals surface area contributed by atoms with Crippen LogP contribution in [0.4, 0.5) is 4.79 Å². The van der Waals surface area contributed by atoms with E-state index in [1.807, 2.05) is 24.3 Å². The summed E-state index contributed by atoms with van der Waals surface area (Å²) in [5.41, 5.74) is 4.64. The summed E-state index contributed by atoms with van der Waals surface area (Å²) in [5, 5.41) is 0. The Balaban J connectivity index is 1.65. The fourth-order valence-corrected chi connectivity index (χ4v) is 3.16. The molecule has 0 spiro atoms. The lowest BCUT2D eigenvalue weighted by Crippen LogP contribution is -2.34. The van der Waals surface area contributed by atoms with Gasteiger partial charge in [-0.1, -0.05) is 61.2 Å². The third kappa shape index (κ3) is 3.61. The Morgan fingerprint density at radius 3 is 2.19 bits per heavy atom. The van der Waals surface area contributed by atoms with Gasteiger partial charge in [-0.25, -0.2) is 4.79 Å². The van der Waals surface area contributed by atoms with E-state index in [2.05, 4.69) is 30.8 Å². The smallest absolute Gasteiger partial charge is 0.410 e. The van der Waals surface area contributed by atoms with Gasteiger partial charge in [-0.2, -0.15) is 0 Å². The molecule has 2 aromatic rings. The third-order valence-corrected chi connectivity index (χ3v) is 4.38. The molecule has 5 nitrogen and oxygen atoms in total. The van der Waals surface area contributed by atoms with Crippen molar-refractivity contribution in [1.82, 2.24) is 4.90 Å². The largest absolute Gasteiger partial charge is 0.460 e. The van der Waals surface area contributed by atoms with Gasteiger partial charge in [-0.15, -0.1) is 0 Å². The van der Waals surface area contributed by atoms with E-state index in [1.165, 1.54) is 29.2 Å². The summed E-state index contributed by atoms with van der Waals surface area (Å²) >= 11 is 0. The summed E-state index contributed by atoms with van der Waals surface area (Å²) in [6.07, 6.45) is 0.924. The highest BCUT2D eigenvalue weighted by Gasteiger charge is 2.29. The van der Waals surface area contributed by atoms with E-state index in [0.717, 1.165) is 11.1 Å². The summed E-state index contributed by atoms with van der Waals surface area (Å²) < 4.78 is 10.3. The predicted octanol–water partition coefficient (Wildman–Crippen LogP) is 3.60. The van der Waals surface area contributed by atoms with Crippen LogP contribution < -0.4 is 0 Å². The number of carbonyl (C=O) groups excluding carboxylic acids is 2. The van der Waals surface area contributed by atoms with Crippen molar-refractivity contribution in [3.63, 3.8) is 0 Å². The van der Waals surface area contributed by atoms with Crippen LogP contribution in [0.1, 0.15) is 17.0 Å². The summed E-state index contributed by atoms with van der Waals surface area (Å²) in [6.45, 7) is 3.66. The fourth-order valence-electron chi connectivity index (χ4n) is 3.16. The highest BCUT2D eigenvalue weighted by atomic mass is 16.6. The van der Waals surface area contributed by atoms with Gasteiger partial charge in [-0.3, -0.25) is 4.79 Å². The lowest BCUT2D eigenvalue weighted by Gasteiger charge is -2.19. The maximum absolute atomic E-state index is 12.2. The number of hydrogen-bond donors (Lipinski definition) is 0. The molecule has 0 heterocycles. The molecule has 1 aliphatic rings. The maximum Gasteiger partial charge on any atom is 0.410 e. The van der Waals surface area contributed by atoms with Crippen LogP contribution in [0.2, 0.25) is 0 Å². The molecule has 26 heavy (non-hydrogen) atoms. The van der Waals surface area contributed by atoms with Gasteiger partial charge >= 0.3 is 12.1 Å². The standard InChI is InChI=1S/C21H21NO4/c1-3-12-25-20(23)13-22(2)21(24)26-14-19-17-10-6-4-8-15(17)16-9-5-7-11-18(16)19/h3-11,19H,1,12-14H2,2H3. The van der Waals surface area contributed by atoms with Crippen LogP contribution in [0.15, 0.2) is 61.2 Å². The first-order valence-electron chi connectivity index (χ1n) is 8.44. The maximum atomic E-state index is 12.2. The molecule has 0 saturated carbocycles. The van der Waals surface area contributed by atoms with Crippen molar-refractivity contribution >= 4 is 12.1 Å². The van der Waals surface area contributed by atoms with Gasteiger partial charge < -0.3 is 14.4 Å². The monoisotopic (exact) mass is 351 g/mol. The average Bonchev–Trinajstić information content (AvgIpc) is 2.98. The molecule has 0 fully saturated rings. The topological polar surface area (TPSA) is 55.8 Å². The zero-order valence-corrected chi connectivity index (χ0v) is 14.7. The second-order valence-electron chi connectivity index (χ2n) is 6.13. The number of benzene rings is 2. The Bertz CT molecular complexity index is 785. The number of ether oxygens (including phenoxy) is 2. The third-order valence-electron chi connectivity index (χ3n) is 4.38. The number of carbonyl (C=O) groups is 2. The Morgan fingerprint density at radius 1 is 1.04 bits per heavy atom. The molecule has 1 aliphatic carbocycles. The SMILES string of the molecule is C=CCOC(=O)CN(C)C(=O)OCC1c2ccccc2-c2ccccc21. The first-order valence-corrected chi connectivity index (χ1v) is 8.44. The molecule has 2 aromatic carbocycles. The van der Waals surface area contributed by atoms with Crippen LogP contribution in [-0.2, 0) is 14.3 Å². The first-order chi connectivity index (χ1) is 12.6. The molecule has 0 saturated heterocycles. The molecular weight excluding hydrogens is 330 g/mol. The Kier molecular flexibility index (Phi) is 5.37. The average molecular weight is 351 g/mol. The minimum absolute atomic E-state index is 0.00697. The molecule has 0 N–H and O–H groups in total. The molecule has 0 radical (unpaired) electrons. The van der Waals surface area contributed by atoms with E-state index >= 15 is 0 Å². The molecule has 0 bridgehead atoms. The highest BCUT2D eigenvalue weighted by Crippen LogP contribution is 2.44. The highest BCUT2D eigenvalue weighted by molar-refractivity contribution is 5.80. The quantitative estimate of drug-likeness (QED) is 0.589. The second-order valence-corrected chi connectivity index (χ2v) is 6.13. The van der Waals surface area contributed by atoms with Gasteiger partial charge in [0.2, 0.25) is 0 Å². The number of nitrogens with zero attached hydrogens (tertiary/aromatic N) is 1. The van der Waals surface area contributed by atoms with Crippen LogP contribution in [0.25, 0.3) is 11.1 Å². The van der Waals surface area contributed by atoms with Crippen molar-refractivity contribution in [2.45, 2.75) is 5.92 Å². The summed E-state index contributed by atoms with van der Waals surface area (Å²) in [5.74, 6) is -0.506. The van der Waals surface area contributed by atoms with Gasteiger partial charge in [0.1, 0.15) is 19.8 Å². The zero-order valence-electron chi connectivity index (χ0n) is 14.7. The van der Waals surface area contributed by atoms with E-state index in [1.54, 1.807) is 0 Å². The minimum Gasteiger partial charge on any atom is -0.460 e. The Morgan fingerprint density at radius 2 is 1.62 bits per heavy atom. The molecule has 0 atom stereocenters. The number of hydrogen-bond acceptors (Lipinski definition) is 4. The van der Waals surface area contributed by atoms with Gasteiger partial charge in [0.05, 0.1) is 0 Å². The van der Waals surface area contributed by atoms with Crippen LogP contribution in [-0.4, -0.2) is 43.8 Å². The molecule has 5 heteroatoms. The Hall–Kier alpha value is -3.08. The van der Waals surface area contributed by atoms with Gasteiger partial charge in [0, 0.05) is 13.0 Å². The number of fused-ring (bicyclic) bond motifs is 3. The van der Waals surface area contributed by atoms with E-state index in [4.69, 9.17) is 9.47 Å². The lowest BCUT2D eigenvalue weighted by atomic mass is 9.98. The molecule has 1 amide bonds. The number of likely N-dealkylation sites (N-methyl/N-ethyl adjacent to an activating group) is 1. The van der Waals surface area contributed by atoms with E-state index < -0.39 is 12.1 Å². The van der Waals surface area contributed by atoms with Gasteiger partial charge in [0.25, 0.3) is 0 Å². The number of esters is 1. The second kappa shape index (κ2) is 7.87. The Labute approximate surface area is 152 Å². The van der Waals surface area contributed by atoms with Crippen LogP contribution in [0.3, 0.4) is 0 Å². The van der Waals surface area contributed by atoms with Crippen LogP contribution >= 0.6 is 0 Å². The number of rotatable bonds is 6. The van der Waals surface area contributed by atoms with E-state index in [9.17, 15) is 9.59 Å². The first kappa shape index (κ1) is 17.7. The normalized spacial score (nSPS) is 12.0. The van der Waals surface area contributed by atoms with Gasteiger partial charge in [-0.05, 0) is 22.3 Å². The van der Waals surface area contributed by atoms with Crippen molar-refractivity contribution in [1.29, 1.82) is 0 Å². The van der Waals surface area contributed by atoms with Crippen molar-refractivity contribution in [3.8, 4) is 11.1 Å². The molecule has 0 aliphatic heterocycles. The molecule has 0 unspecified atom stereocenters. The lowest BCUT2D eigenvalue weighted by molar-refractivity contribution is -0.143. The molecule has 134 valence electrons. The van der Waals surface area contributed by atoms with Crippen molar-refractivity contribution in [2.24, 2.45) is 0 Å². The van der Waals surface area contributed by atoms with Crippen molar-refractivity contribution in [2.75, 3.05) is 26.8 Å². The summed E-state index contributed by atoms with van der Waals surface area (Å²) in [6, 6.07) is 16.3. The van der Waals surface area contributed by atoms with Gasteiger partial charge in [0.15, 0.2) is 0 Å². The van der Waals surface area contributed by atoms with Crippen molar-refractivity contribution < 1.29 is 19.1 Å². The van der Waals surface area contributed by atoms with E-state index in [-0.39, 0.29) is 25.7 Å². The van der Waals surface area contributed by atoms with E-state index in [0.29, 0.717) is 0 Å². The molecule has 0 aromatic heterocycles. The van der Waals surface area contributed by atoms with Crippen LogP contribution in [0, 0.1) is 0 Å².